The molecule has 2 amide bonds. The molecule has 0 radical (unpaired) electrons. The monoisotopic (exact) mass is 360 g/mol. The maximum absolute atomic E-state index is 11.8. The van der Waals surface area contributed by atoms with Gasteiger partial charge in [0.25, 0.3) is 5.91 Å². The highest BCUT2D eigenvalue weighted by molar-refractivity contribution is 6.30. The molecule has 0 unspecified atom stereocenters. The maximum Gasteiger partial charge on any atom is 0.276 e. The van der Waals surface area contributed by atoms with Crippen LogP contribution in [0.3, 0.4) is 0 Å². The molecule has 0 fully saturated rings. The van der Waals surface area contributed by atoms with E-state index >= 15 is 0 Å². The van der Waals surface area contributed by atoms with E-state index < -0.39 is 5.91 Å². The Labute approximate surface area is 152 Å². The minimum atomic E-state index is -0.433. The minimum absolute atomic E-state index is 0.148. The van der Waals surface area contributed by atoms with E-state index in [2.05, 4.69) is 24.7 Å². The van der Waals surface area contributed by atoms with E-state index in [1.165, 1.54) is 5.56 Å². The molecule has 132 valence electrons. The molecule has 0 heterocycles. The molecular weight excluding hydrogens is 340 g/mol. The Bertz CT molecular complexity index is 712. The van der Waals surface area contributed by atoms with Crippen molar-refractivity contribution in [2.24, 2.45) is 0 Å². The Morgan fingerprint density at radius 3 is 2.16 bits per heavy atom. The van der Waals surface area contributed by atoms with Crippen LogP contribution in [0.1, 0.15) is 30.9 Å². The molecule has 25 heavy (non-hydrogen) atoms. The van der Waals surface area contributed by atoms with Gasteiger partial charge >= 0.3 is 0 Å². The molecule has 0 spiro atoms. The summed E-state index contributed by atoms with van der Waals surface area (Å²) in [5.41, 5.74) is 6.68. The van der Waals surface area contributed by atoms with Gasteiger partial charge in [-0.05, 0) is 41.3 Å². The number of carbonyl (C=O) groups excluding carboxylic acids is 2. The van der Waals surface area contributed by atoms with Gasteiger partial charge in [0.05, 0.1) is 6.42 Å². The van der Waals surface area contributed by atoms with Crippen molar-refractivity contribution in [3.63, 3.8) is 0 Å². The third kappa shape index (κ3) is 6.47. The van der Waals surface area contributed by atoms with Crippen molar-refractivity contribution in [2.45, 2.75) is 26.2 Å². The van der Waals surface area contributed by atoms with Gasteiger partial charge < -0.3 is 4.74 Å². The molecule has 0 aromatic heterocycles. The lowest BCUT2D eigenvalue weighted by molar-refractivity contribution is -0.129. The van der Waals surface area contributed by atoms with Crippen molar-refractivity contribution >= 4 is 23.4 Å². The van der Waals surface area contributed by atoms with E-state index in [4.69, 9.17) is 16.3 Å². The summed E-state index contributed by atoms with van der Waals surface area (Å²) < 4.78 is 5.39. The van der Waals surface area contributed by atoms with Crippen molar-refractivity contribution in [2.75, 3.05) is 6.61 Å². The highest BCUT2D eigenvalue weighted by atomic mass is 35.5. The Morgan fingerprint density at radius 2 is 1.56 bits per heavy atom. The number of benzene rings is 2. The minimum Gasteiger partial charge on any atom is -0.484 e. The molecule has 2 aromatic rings. The van der Waals surface area contributed by atoms with Gasteiger partial charge in [0.15, 0.2) is 6.61 Å². The smallest absolute Gasteiger partial charge is 0.276 e. The summed E-state index contributed by atoms with van der Waals surface area (Å²) >= 11 is 5.79. The first kappa shape index (κ1) is 18.8. The van der Waals surface area contributed by atoms with E-state index in [0.29, 0.717) is 16.7 Å². The zero-order valence-electron chi connectivity index (χ0n) is 14.2. The van der Waals surface area contributed by atoms with E-state index in [0.717, 1.165) is 5.56 Å². The number of nitrogens with one attached hydrogen (secondary N) is 2. The number of hydrogen-bond acceptors (Lipinski definition) is 3. The number of rotatable bonds is 6. The van der Waals surface area contributed by atoms with Gasteiger partial charge in [0, 0.05) is 5.02 Å². The molecular formula is C19H21ClN2O3. The molecule has 0 aliphatic carbocycles. The molecule has 0 saturated heterocycles. The molecule has 0 atom stereocenters. The van der Waals surface area contributed by atoms with Crippen LogP contribution in [0, 0.1) is 0 Å². The molecule has 0 bridgehead atoms. The van der Waals surface area contributed by atoms with Crippen LogP contribution in [0.25, 0.3) is 0 Å². The van der Waals surface area contributed by atoms with E-state index in [-0.39, 0.29) is 18.9 Å². The highest BCUT2D eigenvalue weighted by Crippen LogP contribution is 2.18. The lowest BCUT2D eigenvalue weighted by Crippen LogP contribution is -2.44. The van der Waals surface area contributed by atoms with Crippen LogP contribution in [0.2, 0.25) is 5.02 Å². The average molecular weight is 361 g/mol. The van der Waals surface area contributed by atoms with Crippen LogP contribution >= 0.6 is 11.6 Å². The largest absolute Gasteiger partial charge is 0.484 e. The van der Waals surface area contributed by atoms with Crippen LogP contribution in [0.5, 0.6) is 5.75 Å². The van der Waals surface area contributed by atoms with Crippen LogP contribution < -0.4 is 15.6 Å². The summed E-state index contributed by atoms with van der Waals surface area (Å²) in [6.07, 6.45) is 0.148. The van der Waals surface area contributed by atoms with Gasteiger partial charge in [-0.1, -0.05) is 49.7 Å². The first-order valence-corrected chi connectivity index (χ1v) is 8.36. The number of halogens is 1. The summed E-state index contributed by atoms with van der Waals surface area (Å²) in [4.78, 5) is 23.5. The lowest BCUT2D eigenvalue weighted by Gasteiger charge is -2.10. The van der Waals surface area contributed by atoms with E-state index in [9.17, 15) is 9.59 Å². The van der Waals surface area contributed by atoms with Crippen LogP contribution in [0.15, 0.2) is 48.5 Å². The lowest BCUT2D eigenvalue weighted by atomic mass is 10.0. The fraction of sp³-hybridized carbons (Fsp3) is 0.263. The number of hydrazine groups is 1. The second kappa shape index (κ2) is 9.08. The summed E-state index contributed by atoms with van der Waals surface area (Å²) in [6.45, 7) is 4.04. The number of ether oxygens (including phenoxy) is 1. The fourth-order valence-electron chi connectivity index (χ4n) is 2.11. The van der Waals surface area contributed by atoms with Gasteiger partial charge in [-0.25, -0.2) is 0 Å². The van der Waals surface area contributed by atoms with Gasteiger partial charge in [0.1, 0.15) is 5.75 Å². The number of hydrogen-bond donors (Lipinski definition) is 2. The average Bonchev–Trinajstić information content (AvgIpc) is 2.60. The molecule has 6 heteroatoms. The van der Waals surface area contributed by atoms with Gasteiger partial charge in [0.2, 0.25) is 5.91 Å². The predicted molar refractivity (Wildman–Crippen MR) is 97.5 cm³/mol. The summed E-state index contributed by atoms with van der Waals surface area (Å²) in [5.74, 6) is 0.287. The van der Waals surface area contributed by atoms with Crippen molar-refractivity contribution in [3.8, 4) is 5.75 Å². The van der Waals surface area contributed by atoms with Crippen molar-refractivity contribution in [1.29, 1.82) is 0 Å². The predicted octanol–water partition coefficient (Wildman–Crippen LogP) is 3.23. The Morgan fingerprint density at radius 1 is 0.960 bits per heavy atom. The molecule has 0 aliphatic heterocycles. The van der Waals surface area contributed by atoms with E-state index in [1.807, 2.05) is 24.3 Å². The molecule has 2 rings (SSSR count). The van der Waals surface area contributed by atoms with Crippen molar-refractivity contribution in [1.82, 2.24) is 10.9 Å². The number of carbonyl (C=O) groups is 2. The molecule has 2 aromatic carbocycles. The summed E-state index contributed by atoms with van der Waals surface area (Å²) in [5, 5.41) is 0.607. The Kier molecular flexibility index (Phi) is 6.83. The summed E-state index contributed by atoms with van der Waals surface area (Å²) in [7, 11) is 0. The second-order valence-corrected chi connectivity index (χ2v) is 6.35. The van der Waals surface area contributed by atoms with Crippen LogP contribution in [-0.2, 0) is 16.0 Å². The standard InChI is InChI=1S/C19H21ClN2O3/c1-13(2)15-5-9-17(10-6-15)25-12-19(24)22-21-18(23)11-14-3-7-16(20)8-4-14/h3-10,13H,11-12H2,1-2H3,(H,21,23)(H,22,24). The Balaban J connectivity index is 1.71. The topological polar surface area (TPSA) is 67.4 Å². The molecule has 5 nitrogen and oxygen atoms in total. The maximum atomic E-state index is 11.8. The van der Waals surface area contributed by atoms with Crippen LogP contribution in [0.4, 0.5) is 0 Å². The Hall–Kier alpha value is -2.53. The quantitative estimate of drug-likeness (QED) is 0.777. The summed E-state index contributed by atoms with van der Waals surface area (Å²) in [6, 6.07) is 14.5. The molecule has 0 saturated carbocycles. The van der Waals surface area contributed by atoms with Crippen molar-refractivity contribution < 1.29 is 14.3 Å². The van der Waals surface area contributed by atoms with Crippen molar-refractivity contribution in [3.05, 3.63) is 64.7 Å². The highest BCUT2D eigenvalue weighted by Gasteiger charge is 2.07. The fourth-order valence-corrected chi connectivity index (χ4v) is 2.23. The third-order valence-electron chi connectivity index (χ3n) is 3.54. The van der Waals surface area contributed by atoms with Gasteiger partial charge in [-0.3, -0.25) is 20.4 Å². The second-order valence-electron chi connectivity index (χ2n) is 5.91. The van der Waals surface area contributed by atoms with Gasteiger partial charge in [-0.2, -0.15) is 0 Å². The van der Waals surface area contributed by atoms with Crippen LogP contribution in [-0.4, -0.2) is 18.4 Å². The normalized spacial score (nSPS) is 10.4. The number of amides is 2. The zero-order valence-corrected chi connectivity index (χ0v) is 15.0. The SMILES string of the molecule is CC(C)c1ccc(OCC(=O)NNC(=O)Cc2ccc(Cl)cc2)cc1. The molecule has 2 N–H and O–H groups in total. The van der Waals surface area contributed by atoms with E-state index in [1.54, 1.807) is 24.3 Å². The first-order valence-electron chi connectivity index (χ1n) is 7.99. The molecule has 0 aliphatic rings. The third-order valence-corrected chi connectivity index (χ3v) is 3.79. The first-order chi connectivity index (χ1) is 11.9. The zero-order chi connectivity index (χ0) is 18.2. The van der Waals surface area contributed by atoms with Gasteiger partial charge in [-0.15, -0.1) is 0 Å².